The van der Waals surface area contributed by atoms with Gasteiger partial charge in [-0.1, -0.05) is 11.6 Å². The fourth-order valence-corrected chi connectivity index (χ4v) is 3.62. The van der Waals surface area contributed by atoms with E-state index in [1.54, 1.807) is 12.3 Å². The standard InChI is InChI=1S/C20H18ClF3N4O/c1-12-7-14(5-6-25-12)16-9-26-28-13(2)10-27(11-18(16)28)15-3-4-17(21)19(8-15)29-20(22,23)24/h3-9,11,13,26H,10H2,1-2H3/t13-/m0/s1. The van der Waals surface area contributed by atoms with E-state index in [9.17, 15) is 13.2 Å². The van der Waals surface area contributed by atoms with Crippen molar-refractivity contribution in [3.8, 4) is 5.75 Å². The lowest BCUT2D eigenvalue weighted by Gasteiger charge is -2.38. The smallest absolute Gasteiger partial charge is 0.404 e. The van der Waals surface area contributed by atoms with Crippen LogP contribution in [-0.4, -0.2) is 28.9 Å². The first kappa shape index (κ1) is 19.4. The van der Waals surface area contributed by atoms with Crippen LogP contribution >= 0.6 is 11.6 Å². The number of rotatable bonds is 3. The number of fused-ring (bicyclic) bond motifs is 1. The number of ether oxygens (including phenoxy) is 1. The molecule has 1 aromatic heterocycles. The number of hydrogen-bond donors (Lipinski definition) is 1. The number of halogens is 4. The van der Waals surface area contributed by atoms with E-state index in [4.69, 9.17) is 11.6 Å². The maximum absolute atomic E-state index is 12.7. The maximum Gasteiger partial charge on any atom is 0.573 e. The van der Waals surface area contributed by atoms with Crippen LogP contribution in [0.3, 0.4) is 0 Å². The van der Waals surface area contributed by atoms with Gasteiger partial charge in [-0.25, -0.2) is 0 Å². The molecule has 1 atom stereocenters. The van der Waals surface area contributed by atoms with Gasteiger partial charge in [0.2, 0.25) is 0 Å². The Morgan fingerprint density at radius 3 is 2.76 bits per heavy atom. The molecule has 152 valence electrons. The van der Waals surface area contributed by atoms with Gasteiger partial charge < -0.3 is 15.1 Å². The molecule has 3 heterocycles. The van der Waals surface area contributed by atoms with E-state index in [0.717, 1.165) is 22.5 Å². The summed E-state index contributed by atoms with van der Waals surface area (Å²) in [5.41, 5.74) is 7.62. The van der Waals surface area contributed by atoms with Crippen LogP contribution in [0, 0.1) is 6.92 Å². The highest BCUT2D eigenvalue weighted by atomic mass is 35.5. The van der Waals surface area contributed by atoms with Crippen molar-refractivity contribution >= 4 is 22.9 Å². The number of hydrazine groups is 1. The summed E-state index contributed by atoms with van der Waals surface area (Å²) in [6.07, 6.45) is 0.763. The summed E-state index contributed by atoms with van der Waals surface area (Å²) >= 11 is 5.88. The van der Waals surface area contributed by atoms with E-state index in [0.29, 0.717) is 12.2 Å². The summed E-state index contributed by atoms with van der Waals surface area (Å²) in [6.45, 7) is 4.52. The molecule has 4 rings (SSSR count). The van der Waals surface area contributed by atoms with Crippen molar-refractivity contribution in [1.82, 2.24) is 15.4 Å². The summed E-state index contributed by atoms with van der Waals surface area (Å²) in [5, 5.41) is 1.94. The second-order valence-corrected chi connectivity index (χ2v) is 7.33. The van der Waals surface area contributed by atoms with E-state index in [-0.39, 0.29) is 11.1 Å². The van der Waals surface area contributed by atoms with Crippen LogP contribution < -0.4 is 15.1 Å². The highest BCUT2D eigenvalue weighted by molar-refractivity contribution is 6.32. The van der Waals surface area contributed by atoms with E-state index >= 15 is 0 Å². The van der Waals surface area contributed by atoms with Gasteiger partial charge in [-0.05, 0) is 43.7 Å². The van der Waals surface area contributed by atoms with Gasteiger partial charge >= 0.3 is 6.36 Å². The van der Waals surface area contributed by atoms with Gasteiger partial charge in [0.05, 0.1) is 16.8 Å². The molecule has 5 nitrogen and oxygen atoms in total. The molecule has 0 bridgehead atoms. The largest absolute Gasteiger partial charge is 0.573 e. The molecule has 0 fully saturated rings. The van der Waals surface area contributed by atoms with Crippen LogP contribution in [0.5, 0.6) is 5.75 Å². The van der Waals surface area contributed by atoms with E-state index in [1.807, 2.05) is 48.3 Å². The van der Waals surface area contributed by atoms with E-state index in [1.165, 1.54) is 12.1 Å². The first-order chi connectivity index (χ1) is 13.7. The lowest BCUT2D eigenvalue weighted by Crippen LogP contribution is -2.47. The number of hydrogen-bond acceptors (Lipinski definition) is 5. The third-order valence-corrected chi connectivity index (χ3v) is 5.06. The third-order valence-electron chi connectivity index (χ3n) is 4.74. The zero-order valence-electron chi connectivity index (χ0n) is 15.7. The Morgan fingerprint density at radius 2 is 2.03 bits per heavy atom. The summed E-state index contributed by atoms with van der Waals surface area (Å²) in [6, 6.07) is 8.36. The molecule has 2 aromatic rings. The molecular formula is C20H18ClF3N4O. The highest BCUT2D eigenvalue weighted by Crippen LogP contribution is 2.38. The van der Waals surface area contributed by atoms with Gasteiger partial charge in [-0.2, -0.15) is 0 Å². The van der Waals surface area contributed by atoms with Crippen molar-refractivity contribution < 1.29 is 17.9 Å². The lowest BCUT2D eigenvalue weighted by molar-refractivity contribution is -0.274. The van der Waals surface area contributed by atoms with Gasteiger partial charge in [0.25, 0.3) is 0 Å². The van der Waals surface area contributed by atoms with Crippen molar-refractivity contribution in [3.05, 3.63) is 70.9 Å². The fourth-order valence-electron chi connectivity index (χ4n) is 3.47. The number of aromatic nitrogens is 1. The molecule has 0 unspecified atom stereocenters. The Morgan fingerprint density at radius 1 is 1.24 bits per heavy atom. The molecule has 0 saturated heterocycles. The molecule has 1 N–H and O–H groups in total. The minimum Gasteiger partial charge on any atom is -0.404 e. The number of aryl methyl sites for hydroxylation is 1. The molecule has 9 heteroatoms. The second kappa shape index (κ2) is 7.18. The number of allylic oxidation sites excluding steroid dienone is 1. The van der Waals surface area contributed by atoms with Crippen LogP contribution in [-0.2, 0) is 0 Å². The molecule has 29 heavy (non-hydrogen) atoms. The molecule has 0 spiro atoms. The number of anilines is 1. The summed E-state index contributed by atoms with van der Waals surface area (Å²) in [5.74, 6) is -0.421. The lowest BCUT2D eigenvalue weighted by atomic mass is 10.0. The number of nitrogens with zero attached hydrogens (tertiary/aromatic N) is 3. The average molecular weight is 423 g/mol. The Hall–Kier alpha value is -2.87. The van der Waals surface area contributed by atoms with Crippen molar-refractivity contribution in [2.24, 2.45) is 0 Å². The average Bonchev–Trinajstić information content (AvgIpc) is 3.07. The zero-order valence-corrected chi connectivity index (χ0v) is 16.4. The monoisotopic (exact) mass is 422 g/mol. The molecule has 0 aliphatic carbocycles. The number of alkyl halides is 3. The van der Waals surface area contributed by atoms with E-state index < -0.39 is 12.1 Å². The Kier molecular flexibility index (Phi) is 4.82. The molecule has 0 amide bonds. The summed E-state index contributed by atoms with van der Waals surface area (Å²) < 4.78 is 42.1. The van der Waals surface area contributed by atoms with Gasteiger partial charge in [0.1, 0.15) is 5.75 Å². The Labute approximate surface area is 171 Å². The number of nitrogens with one attached hydrogen (secondary N) is 1. The van der Waals surface area contributed by atoms with Crippen molar-refractivity contribution in [3.63, 3.8) is 0 Å². The molecule has 0 saturated carbocycles. The van der Waals surface area contributed by atoms with Crippen LogP contribution in [0.1, 0.15) is 18.2 Å². The van der Waals surface area contributed by atoms with E-state index in [2.05, 4.69) is 15.1 Å². The quantitative estimate of drug-likeness (QED) is 0.765. The number of benzene rings is 1. The molecule has 0 radical (unpaired) electrons. The van der Waals surface area contributed by atoms with Gasteiger partial charge in [-0.15, -0.1) is 13.2 Å². The topological polar surface area (TPSA) is 40.6 Å². The number of pyridine rings is 1. The second-order valence-electron chi connectivity index (χ2n) is 6.92. The predicted octanol–water partition coefficient (Wildman–Crippen LogP) is 4.85. The molecule has 1 aromatic carbocycles. The van der Waals surface area contributed by atoms with Gasteiger partial charge in [0.15, 0.2) is 0 Å². The third kappa shape index (κ3) is 3.98. The fraction of sp³-hybridized carbons (Fsp3) is 0.250. The molecular weight excluding hydrogens is 405 g/mol. The normalized spacial score (nSPS) is 18.8. The molecule has 2 aliphatic rings. The Bertz CT molecular complexity index is 1010. The van der Waals surface area contributed by atoms with Crippen LogP contribution in [0.15, 0.2) is 54.6 Å². The van der Waals surface area contributed by atoms with Crippen molar-refractivity contribution in [1.29, 1.82) is 0 Å². The van der Waals surface area contributed by atoms with Gasteiger partial charge in [-0.3, -0.25) is 9.99 Å². The maximum atomic E-state index is 12.7. The first-order valence-corrected chi connectivity index (χ1v) is 9.32. The zero-order chi connectivity index (χ0) is 20.8. The first-order valence-electron chi connectivity index (χ1n) is 8.94. The molecule has 2 aliphatic heterocycles. The predicted molar refractivity (Wildman–Crippen MR) is 105 cm³/mol. The highest BCUT2D eigenvalue weighted by Gasteiger charge is 2.34. The van der Waals surface area contributed by atoms with Crippen LogP contribution in [0.2, 0.25) is 5.02 Å². The SMILES string of the molecule is Cc1cc(C2=CNN3C2=CN(c2ccc(Cl)c(OC(F)(F)F)c2)C[C@@H]3C)ccn1. The van der Waals surface area contributed by atoms with Crippen LogP contribution in [0.4, 0.5) is 18.9 Å². The van der Waals surface area contributed by atoms with Crippen LogP contribution in [0.25, 0.3) is 5.57 Å². The Balaban J connectivity index is 1.69. The summed E-state index contributed by atoms with van der Waals surface area (Å²) in [7, 11) is 0. The summed E-state index contributed by atoms with van der Waals surface area (Å²) in [4.78, 5) is 6.12. The minimum absolute atomic E-state index is 0.0642. The van der Waals surface area contributed by atoms with Crippen molar-refractivity contribution in [2.45, 2.75) is 26.3 Å². The van der Waals surface area contributed by atoms with Gasteiger partial charge in [0, 0.05) is 48.2 Å². The van der Waals surface area contributed by atoms with Crippen molar-refractivity contribution in [2.75, 3.05) is 11.4 Å². The minimum atomic E-state index is -4.81.